The molecule has 135 valence electrons. The van der Waals surface area contributed by atoms with Crippen molar-refractivity contribution in [3.8, 4) is 0 Å². The number of hydroxylamine groups is 2. The second kappa shape index (κ2) is 6.75. The monoisotopic (exact) mass is 340 g/mol. The molecule has 1 aromatic rings. The largest absolute Gasteiger partial charge is 0.432 e. The van der Waals surface area contributed by atoms with Crippen molar-refractivity contribution in [2.24, 2.45) is 0 Å². The average Bonchev–Trinajstić information content (AvgIpc) is 2.90. The molecule has 1 radical (unpaired) electrons. The molecule has 3 N–H and O–H groups in total. The number of nitrogens with zero attached hydrogens (tertiary/aromatic N) is 3. The molecular weight excluding hydrogens is 314 g/mol. The van der Waals surface area contributed by atoms with Gasteiger partial charge in [0, 0.05) is 30.1 Å². The second-order valence-corrected chi connectivity index (χ2v) is 7.76. The number of rotatable bonds is 6. The Morgan fingerprint density at radius 2 is 2.04 bits per heavy atom. The summed E-state index contributed by atoms with van der Waals surface area (Å²) in [6, 6.07) is 0.128. The van der Waals surface area contributed by atoms with Crippen LogP contribution in [0.3, 0.4) is 0 Å². The smallest absolute Gasteiger partial charge is 0.391 e. The van der Waals surface area contributed by atoms with E-state index in [-0.39, 0.29) is 18.4 Å². The van der Waals surface area contributed by atoms with Gasteiger partial charge in [0.25, 0.3) is 0 Å². The summed E-state index contributed by atoms with van der Waals surface area (Å²) in [5.74, 6) is -0.323. The molecule has 0 amide bonds. The number of aliphatic hydroxyl groups is 1. The van der Waals surface area contributed by atoms with Gasteiger partial charge >= 0.3 is 5.95 Å². The molecule has 1 aromatic heterocycles. The van der Waals surface area contributed by atoms with Crippen LogP contribution in [0.15, 0.2) is 6.20 Å². The van der Waals surface area contributed by atoms with Gasteiger partial charge in [-0.3, -0.25) is 0 Å². The molecule has 0 saturated carbocycles. The highest BCUT2D eigenvalue weighted by Gasteiger charge is 2.45. The highest BCUT2D eigenvalue weighted by atomic mass is 16.6. The normalized spacial score (nSPS) is 22.4. The van der Waals surface area contributed by atoms with Crippen molar-refractivity contribution in [2.45, 2.75) is 70.2 Å². The molecule has 0 aromatic carbocycles. The van der Waals surface area contributed by atoms with Crippen LogP contribution in [0.25, 0.3) is 0 Å². The van der Waals surface area contributed by atoms with Gasteiger partial charge in [-0.25, -0.2) is 4.98 Å². The molecular formula is C15H26N5O4. The Morgan fingerprint density at radius 3 is 2.54 bits per heavy atom. The number of aromatic nitrogens is 2. The standard InChI is InChI=1S/C15H26N5O4/c1-14(2)6-11(7-15(3,4)20(14)24)16-9-12(21)5-10-8-17-13(18-10)19(22)23/h8,11-12,16,21H,5-7,9H2,1-4H3,(H,17,18). The number of nitro groups is 1. The number of hydrogen-bond acceptors (Lipinski definition) is 6. The quantitative estimate of drug-likeness (QED) is 0.527. The topological polar surface area (TPSA) is 127 Å². The molecule has 1 aliphatic rings. The molecule has 0 spiro atoms. The average molecular weight is 340 g/mol. The van der Waals surface area contributed by atoms with Crippen molar-refractivity contribution in [2.75, 3.05) is 6.54 Å². The van der Waals surface area contributed by atoms with Gasteiger partial charge in [0.2, 0.25) is 0 Å². The molecule has 0 bridgehead atoms. The van der Waals surface area contributed by atoms with Crippen LogP contribution in [-0.4, -0.2) is 54.8 Å². The predicted octanol–water partition coefficient (Wildman–Crippen LogP) is 1.18. The minimum Gasteiger partial charge on any atom is -0.391 e. The van der Waals surface area contributed by atoms with Gasteiger partial charge in [-0.05, 0) is 45.5 Å². The summed E-state index contributed by atoms with van der Waals surface area (Å²) < 4.78 is 0. The van der Waals surface area contributed by atoms with E-state index in [1.54, 1.807) is 0 Å². The number of H-pyrrole nitrogens is 1. The lowest BCUT2D eigenvalue weighted by atomic mass is 9.79. The Morgan fingerprint density at radius 1 is 1.46 bits per heavy atom. The minimum atomic E-state index is -0.704. The van der Waals surface area contributed by atoms with Gasteiger partial charge in [0.15, 0.2) is 5.69 Å². The third kappa shape index (κ3) is 4.29. The van der Waals surface area contributed by atoms with Crippen molar-refractivity contribution in [3.05, 3.63) is 22.0 Å². The minimum absolute atomic E-state index is 0.128. The lowest BCUT2D eigenvalue weighted by Gasteiger charge is -2.50. The van der Waals surface area contributed by atoms with Crippen LogP contribution in [-0.2, 0) is 11.6 Å². The molecule has 24 heavy (non-hydrogen) atoms. The zero-order valence-corrected chi connectivity index (χ0v) is 14.6. The molecule has 1 atom stereocenters. The fourth-order valence-corrected chi connectivity index (χ4v) is 3.57. The summed E-state index contributed by atoms with van der Waals surface area (Å²) in [6.07, 6.45) is 2.35. The van der Waals surface area contributed by atoms with E-state index in [0.29, 0.717) is 25.1 Å². The Balaban J connectivity index is 1.87. The summed E-state index contributed by atoms with van der Waals surface area (Å²) in [5.41, 5.74) is -0.480. The van der Waals surface area contributed by atoms with Crippen LogP contribution in [0.1, 0.15) is 46.2 Å². The summed E-state index contributed by atoms with van der Waals surface area (Å²) in [7, 11) is 0. The molecule has 9 nitrogen and oxygen atoms in total. The molecule has 2 heterocycles. The highest BCUT2D eigenvalue weighted by Crippen LogP contribution is 2.36. The van der Waals surface area contributed by atoms with Crippen LogP contribution in [0.2, 0.25) is 0 Å². The van der Waals surface area contributed by atoms with Gasteiger partial charge in [-0.15, -0.1) is 10.3 Å². The molecule has 1 aliphatic heterocycles. The SMILES string of the molecule is CC1(C)CC(NCC(O)Cc2c[nH]c([N+](=O)[O-])n2)CC(C)(C)N1[O]. The molecule has 0 aliphatic carbocycles. The number of imidazole rings is 1. The number of aliphatic hydroxyl groups excluding tert-OH is 1. The third-order valence-corrected chi connectivity index (χ3v) is 4.47. The molecule has 2 rings (SSSR count). The van der Waals surface area contributed by atoms with E-state index < -0.39 is 22.1 Å². The van der Waals surface area contributed by atoms with E-state index in [4.69, 9.17) is 0 Å². The Bertz CT molecular complexity index is 568. The number of aromatic amines is 1. The summed E-state index contributed by atoms with van der Waals surface area (Å²) in [4.78, 5) is 16.3. The van der Waals surface area contributed by atoms with Crippen molar-refractivity contribution < 1.29 is 15.2 Å². The molecule has 1 saturated heterocycles. The first-order chi connectivity index (χ1) is 11.0. The first-order valence-corrected chi connectivity index (χ1v) is 8.09. The number of hydrogen-bond donors (Lipinski definition) is 3. The molecule has 1 fully saturated rings. The first-order valence-electron chi connectivity index (χ1n) is 8.09. The Labute approximate surface area is 141 Å². The number of nitrogens with one attached hydrogen (secondary N) is 2. The van der Waals surface area contributed by atoms with Gasteiger partial charge in [0.05, 0.1) is 6.10 Å². The van der Waals surface area contributed by atoms with E-state index in [2.05, 4.69) is 15.3 Å². The van der Waals surface area contributed by atoms with E-state index in [1.165, 1.54) is 6.20 Å². The van der Waals surface area contributed by atoms with Crippen molar-refractivity contribution in [3.63, 3.8) is 0 Å². The zero-order valence-electron chi connectivity index (χ0n) is 14.6. The summed E-state index contributed by atoms with van der Waals surface area (Å²) in [6.45, 7) is 8.05. The fraction of sp³-hybridized carbons (Fsp3) is 0.800. The molecule has 9 heteroatoms. The van der Waals surface area contributed by atoms with E-state index in [1.807, 2.05) is 27.7 Å². The van der Waals surface area contributed by atoms with Crippen LogP contribution >= 0.6 is 0 Å². The lowest BCUT2D eigenvalue weighted by molar-refractivity contribution is -0.393. The van der Waals surface area contributed by atoms with Gasteiger partial charge < -0.3 is 20.5 Å². The number of piperidine rings is 1. The molecule has 1 unspecified atom stereocenters. The highest BCUT2D eigenvalue weighted by molar-refractivity contribution is 5.11. The Hall–Kier alpha value is -1.55. The van der Waals surface area contributed by atoms with Crippen LogP contribution in [0, 0.1) is 10.1 Å². The summed E-state index contributed by atoms with van der Waals surface area (Å²) in [5, 5.41) is 37.5. The van der Waals surface area contributed by atoms with Crippen LogP contribution < -0.4 is 5.32 Å². The maximum atomic E-state index is 12.3. The zero-order chi connectivity index (χ0) is 18.1. The second-order valence-electron chi connectivity index (χ2n) is 7.76. The van der Waals surface area contributed by atoms with E-state index >= 15 is 0 Å². The van der Waals surface area contributed by atoms with E-state index in [9.17, 15) is 20.4 Å². The van der Waals surface area contributed by atoms with Crippen molar-refractivity contribution in [1.82, 2.24) is 20.3 Å². The van der Waals surface area contributed by atoms with Crippen LogP contribution in [0.5, 0.6) is 0 Å². The first kappa shape index (κ1) is 18.8. The predicted molar refractivity (Wildman–Crippen MR) is 86.7 cm³/mol. The summed E-state index contributed by atoms with van der Waals surface area (Å²) >= 11 is 0. The maximum absolute atomic E-state index is 12.3. The lowest BCUT2D eigenvalue weighted by Crippen LogP contribution is -2.62. The van der Waals surface area contributed by atoms with Gasteiger partial charge in [0.1, 0.15) is 6.20 Å². The van der Waals surface area contributed by atoms with Crippen molar-refractivity contribution >= 4 is 5.95 Å². The van der Waals surface area contributed by atoms with Gasteiger partial charge in [-0.1, -0.05) is 4.98 Å². The fourth-order valence-electron chi connectivity index (χ4n) is 3.57. The Kier molecular flexibility index (Phi) is 5.28. The van der Waals surface area contributed by atoms with Crippen LogP contribution in [0.4, 0.5) is 5.95 Å². The van der Waals surface area contributed by atoms with Gasteiger partial charge in [-0.2, -0.15) is 0 Å². The van der Waals surface area contributed by atoms with Crippen molar-refractivity contribution in [1.29, 1.82) is 0 Å². The maximum Gasteiger partial charge on any atom is 0.432 e. The van der Waals surface area contributed by atoms with E-state index in [0.717, 1.165) is 5.06 Å². The third-order valence-electron chi connectivity index (χ3n) is 4.47.